The van der Waals surface area contributed by atoms with E-state index in [0.717, 1.165) is 19.6 Å². The summed E-state index contributed by atoms with van der Waals surface area (Å²) < 4.78 is 10.6. The van der Waals surface area contributed by atoms with Crippen molar-refractivity contribution >= 4 is 0 Å². The molecule has 0 atom stereocenters. The van der Waals surface area contributed by atoms with E-state index in [1.54, 1.807) is 14.2 Å². The molecule has 5 nitrogen and oxygen atoms in total. The van der Waals surface area contributed by atoms with Gasteiger partial charge in [-0.05, 0) is 38.4 Å². The molecule has 2 rings (SSSR count). The Kier molecular flexibility index (Phi) is 6.44. The smallest absolute Gasteiger partial charge is 0.169 e. The van der Waals surface area contributed by atoms with E-state index in [4.69, 9.17) is 9.47 Å². The van der Waals surface area contributed by atoms with Crippen molar-refractivity contribution in [3.05, 3.63) is 0 Å². The fourth-order valence-corrected chi connectivity index (χ4v) is 3.44. The van der Waals surface area contributed by atoms with Crippen LogP contribution in [0.3, 0.4) is 0 Å². The first-order valence-electron chi connectivity index (χ1n) is 8.23. The molecule has 0 unspecified atom stereocenters. The van der Waals surface area contributed by atoms with Crippen molar-refractivity contribution in [3.63, 3.8) is 0 Å². The predicted octanol–water partition coefficient (Wildman–Crippen LogP) is 0.955. The summed E-state index contributed by atoms with van der Waals surface area (Å²) >= 11 is 0. The van der Waals surface area contributed by atoms with Gasteiger partial charge in [0.25, 0.3) is 0 Å². The van der Waals surface area contributed by atoms with E-state index in [1.807, 2.05) is 0 Å². The zero-order valence-electron chi connectivity index (χ0n) is 14.3. The Morgan fingerprint density at radius 3 is 2.00 bits per heavy atom. The molecule has 0 aliphatic carbocycles. The monoisotopic (exact) mass is 299 g/mol. The summed E-state index contributed by atoms with van der Waals surface area (Å²) in [5, 5.41) is 0. The number of piperazine rings is 1. The van der Waals surface area contributed by atoms with Crippen LogP contribution in [0.15, 0.2) is 0 Å². The Labute approximate surface area is 130 Å². The van der Waals surface area contributed by atoms with Gasteiger partial charge in [0.05, 0.1) is 0 Å². The fraction of sp³-hybridized carbons (Fsp3) is 1.00. The van der Waals surface area contributed by atoms with Gasteiger partial charge in [0, 0.05) is 53.5 Å². The molecule has 2 fully saturated rings. The van der Waals surface area contributed by atoms with Gasteiger partial charge in [-0.15, -0.1) is 0 Å². The first kappa shape index (κ1) is 17.2. The van der Waals surface area contributed by atoms with Gasteiger partial charge >= 0.3 is 0 Å². The van der Waals surface area contributed by atoms with Gasteiger partial charge in [0.1, 0.15) is 0 Å². The fourth-order valence-electron chi connectivity index (χ4n) is 3.44. The first-order chi connectivity index (χ1) is 10.0. The number of hydrogen-bond donors (Lipinski definition) is 0. The Balaban J connectivity index is 1.74. The first-order valence-corrected chi connectivity index (χ1v) is 8.23. The number of methoxy groups -OCH3 is 2. The highest BCUT2D eigenvalue weighted by atomic mass is 16.7. The maximum absolute atomic E-state index is 5.31. The Morgan fingerprint density at radius 2 is 1.48 bits per heavy atom. The van der Waals surface area contributed by atoms with E-state index < -0.39 is 0 Å². The molecule has 0 amide bonds. The molecule has 124 valence electrons. The lowest BCUT2D eigenvalue weighted by Crippen LogP contribution is -2.51. The standard InChI is InChI=1S/C16H33N3O2/c1-16(14-19-11-9-17(2)10-12-19)5-7-18(8-6-16)13-15(20-3)21-4/h15H,5-14H2,1-4H3. The lowest BCUT2D eigenvalue weighted by molar-refractivity contribution is -0.120. The average molecular weight is 299 g/mol. The van der Waals surface area contributed by atoms with Gasteiger partial charge < -0.3 is 19.3 Å². The van der Waals surface area contributed by atoms with Crippen molar-refractivity contribution in [2.45, 2.75) is 26.1 Å². The topological polar surface area (TPSA) is 28.2 Å². The van der Waals surface area contributed by atoms with Gasteiger partial charge in [-0.1, -0.05) is 6.92 Å². The van der Waals surface area contributed by atoms with E-state index in [-0.39, 0.29) is 6.29 Å². The number of likely N-dealkylation sites (tertiary alicyclic amines) is 1. The molecule has 2 saturated heterocycles. The predicted molar refractivity (Wildman–Crippen MR) is 85.5 cm³/mol. The quantitative estimate of drug-likeness (QED) is 0.681. The molecule has 0 bridgehead atoms. The van der Waals surface area contributed by atoms with Gasteiger partial charge in [-0.3, -0.25) is 4.90 Å². The molecule has 0 aromatic carbocycles. The lowest BCUT2D eigenvalue weighted by atomic mass is 9.79. The molecule has 0 radical (unpaired) electrons. The van der Waals surface area contributed by atoms with E-state index in [1.165, 1.54) is 45.6 Å². The highest BCUT2D eigenvalue weighted by molar-refractivity contribution is 4.86. The second-order valence-corrected chi connectivity index (χ2v) is 7.09. The van der Waals surface area contributed by atoms with E-state index in [9.17, 15) is 0 Å². The SMILES string of the molecule is COC(CN1CCC(C)(CN2CCN(C)CC2)CC1)OC. The summed E-state index contributed by atoms with van der Waals surface area (Å²) in [5.74, 6) is 0. The third-order valence-corrected chi connectivity index (χ3v) is 5.20. The summed E-state index contributed by atoms with van der Waals surface area (Å²) in [6, 6.07) is 0. The molecular weight excluding hydrogens is 266 g/mol. The lowest BCUT2D eigenvalue weighted by Gasteiger charge is -2.44. The molecule has 0 aromatic heterocycles. The second kappa shape index (κ2) is 7.88. The van der Waals surface area contributed by atoms with Gasteiger partial charge in [-0.2, -0.15) is 0 Å². The van der Waals surface area contributed by atoms with E-state index >= 15 is 0 Å². The number of rotatable bonds is 6. The minimum Gasteiger partial charge on any atom is -0.355 e. The number of ether oxygens (including phenoxy) is 2. The molecule has 0 saturated carbocycles. The van der Waals surface area contributed by atoms with Crippen molar-refractivity contribution in [2.24, 2.45) is 5.41 Å². The Morgan fingerprint density at radius 1 is 0.905 bits per heavy atom. The van der Waals surface area contributed by atoms with Crippen molar-refractivity contribution in [2.75, 3.05) is 73.6 Å². The van der Waals surface area contributed by atoms with Crippen LogP contribution >= 0.6 is 0 Å². The van der Waals surface area contributed by atoms with Crippen LogP contribution in [0.1, 0.15) is 19.8 Å². The zero-order chi connectivity index (χ0) is 15.3. The van der Waals surface area contributed by atoms with Crippen LogP contribution in [0, 0.1) is 5.41 Å². The highest BCUT2D eigenvalue weighted by Gasteiger charge is 2.33. The zero-order valence-corrected chi connectivity index (χ0v) is 14.3. The van der Waals surface area contributed by atoms with E-state index in [0.29, 0.717) is 5.41 Å². The summed E-state index contributed by atoms with van der Waals surface area (Å²) in [6.07, 6.45) is 2.46. The molecule has 0 aromatic rings. The molecule has 0 N–H and O–H groups in total. The van der Waals surface area contributed by atoms with Crippen LogP contribution < -0.4 is 0 Å². The summed E-state index contributed by atoms with van der Waals surface area (Å²) in [4.78, 5) is 7.56. The van der Waals surface area contributed by atoms with Crippen molar-refractivity contribution in [3.8, 4) is 0 Å². The minimum absolute atomic E-state index is 0.0908. The molecule has 21 heavy (non-hydrogen) atoms. The molecule has 2 heterocycles. The van der Waals surface area contributed by atoms with Gasteiger partial charge in [0.15, 0.2) is 6.29 Å². The highest BCUT2D eigenvalue weighted by Crippen LogP contribution is 2.32. The number of likely N-dealkylation sites (N-methyl/N-ethyl adjacent to an activating group) is 1. The molecule has 5 heteroatoms. The van der Waals surface area contributed by atoms with Crippen LogP contribution in [0.2, 0.25) is 0 Å². The number of piperidine rings is 1. The van der Waals surface area contributed by atoms with E-state index in [2.05, 4.69) is 28.7 Å². The van der Waals surface area contributed by atoms with Crippen molar-refractivity contribution in [1.29, 1.82) is 0 Å². The summed E-state index contributed by atoms with van der Waals surface area (Å²) in [7, 11) is 5.66. The molecule has 2 aliphatic heterocycles. The third-order valence-electron chi connectivity index (χ3n) is 5.20. The van der Waals surface area contributed by atoms with Crippen molar-refractivity contribution < 1.29 is 9.47 Å². The maximum atomic E-state index is 5.31. The summed E-state index contributed by atoms with van der Waals surface area (Å²) in [5.41, 5.74) is 0.474. The Bertz CT molecular complexity index is 294. The number of nitrogens with zero attached hydrogens (tertiary/aromatic N) is 3. The van der Waals surface area contributed by atoms with Crippen molar-refractivity contribution in [1.82, 2.24) is 14.7 Å². The molecular formula is C16H33N3O2. The average Bonchev–Trinajstić information content (AvgIpc) is 2.49. The maximum Gasteiger partial charge on any atom is 0.169 e. The third kappa shape index (κ3) is 5.18. The Hall–Kier alpha value is -0.200. The van der Waals surface area contributed by atoms with Crippen LogP contribution in [0.25, 0.3) is 0 Å². The molecule has 2 aliphatic rings. The second-order valence-electron chi connectivity index (χ2n) is 7.09. The van der Waals surface area contributed by atoms with Crippen LogP contribution in [-0.4, -0.2) is 94.6 Å². The van der Waals surface area contributed by atoms with Crippen LogP contribution in [0.4, 0.5) is 0 Å². The van der Waals surface area contributed by atoms with Gasteiger partial charge in [0.2, 0.25) is 0 Å². The van der Waals surface area contributed by atoms with Gasteiger partial charge in [-0.25, -0.2) is 0 Å². The molecule has 0 spiro atoms. The van der Waals surface area contributed by atoms with Crippen LogP contribution in [-0.2, 0) is 9.47 Å². The largest absolute Gasteiger partial charge is 0.355 e. The normalized spacial score (nSPS) is 25.6. The summed E-state index contributed by atoms with van der Waals surface area (Å²) in [6.45, 7) is 11.8. The minimum atomic E-state index is -0.0908. The van der Waals surface area contributed by atoms with Crippen LogP contribution in [0.5, 0.6) is 0 Å². The number of hydrogen-bond acceptors (Lipinski definition) is 5.